The highest BCUT2D eigenvalue weighted by Gasteiger charge is 1.90. The SMILES string of the molecule is CC(C)N(C)C.P. The molecule has 0 aliphatic rings. The van der Waals surface area contributed by atoms with Crippen LogP contribution in [0.5, 0.6) is 0 Å². The van der Waals surface area contributed by atoms with E-state index in [0.717, 1.165) is 0 Å². The van der Waals surface area contributed by atoms with Crippen LogP contribution in [0.25, 0.3) is 0 Å². The largest absolute Gasteiger partial charge is 0.307 e. The van der Waals surface area contributed by atoms with Gasteiger partial charge in [0.25, 0.3) is 0 Å². The number of hydrogen-bond donors (Lipinski definition) is 0. The Labute approximate surface area is 49.7 Å². The quantitative estimate of drug-likeness (QED) is 0.468. The fraction of sp³-hybridized carbons (Fsp3) is 1.00. The van der Waals surface area contributed by atoms with Gasteiger partial charge in [0.15, 0.2) is 0 Å². The van der Waals surface area contributed by atoms with Crippen LogP contribution in [0, 0.1) is 0 Å². The maximum Gasteiger partial charge on any atom is 0.00324 e. The van der Waals surface area contributed by atoms with Gasteiger partial charge in [-0.2, -0.15) is 9.90 Å². The molecular weight excluding hydrogens is 105 g/mol. The third kappa shape index (κ3) is 6.39. The van der Waals surface area contributed by atoms with Crippen molar-refractivity contribution < 1.29 is 0 Å². The summed E-state index contributed by atoms with van der Waals surface area (Å²) in [4.78, 5) is 2.17. The predicted molar refractivity (Wildman–Crippen MR) is 39.9 cm³/mol. The second kappa shape index (κ2) is 4.55. The smallest absolute Gasteiger partial charge is 0.00324 e. The van der Waals surface area contributed by atoms with Gasteiger partial charge in [0, 0.05) is 6.04 Å². The summed E-state index contributed by atoms with van der Waals surface area (Å²) in [6.07, 6.45) is 0. The lowest BCUT2D eigenvalue weighted by Crippen LogP contribution is -2.20. The predicted octanol–water partition coefficient (Wildman–Crippen LogP) is 1.01. The fourth-order valence-corrected chi connectivity index (χ4v) is 0. The van der Waals surface area contributed by atoms with Crippen LogP contribution in [0.2, 0.25) is 0 Å². The Kier molecular flexibility index (Phi) is 6.75. The van der Waals surface area contributed by atoms with Gasteiger partial charge in [-0.05, 0) is 27.9 Å². The van der Waals surface area contributed by atoms with Crippen LogP contribution in [0.3, 0.4) is 0 Å². The minimum absolute atomic E-state index is 0. The molecule has 0 aromatic rings. The lowest BCUT2D eigenvalue weighted by molar-refractivity contribution is 0.335. The Bertz CT molecular complexity index is 29.1. The van der Waals surface area contributed by atoms with Crippen molar-refractivity contribution in [3.63, 3.8) is 0 Å². The van der Waals surface area contributed by atoms with Gasteiger partial charge < -0.3 is 4.90 Å². The molecule has 0 aliphatic heterocycles. The molecule has 0 radical (unpaired) electrons. The Morgan fingerprint density at radius 3 is 1.29 bits per heavy atom. The summed E-state index contributed by atoms with van der Waals surface area (Å²) in [6.45, 7) is 4.33. The molecule has 0 bridgehead atoms. The fourth-order valence-electron chi connectivity index (χ4n) is 0. The normalized spacial score (nSPS) is 9.43. The first-order valence-electron chi connectivity index (χ1n) is 2.31. The van der Waals surface area contributed by atoms with E-state index in [2.05, 4.69) is 32.8 Å². The zero-order valence-electron chi connectivity index (χ0n) is 5.73. The summed E-state index contributed by atoms with van der Waals surface area (Å²) in [5.41, 5.74) is 0. The molecular formula is C5H16NP. The molecule has 0 aliphatic carbocycles. The maximum atomic E-state index is 2.17. The van der Waals surface area contributed by atoms with E-state index >= 15 is 0 Å². The zero-order chi connectivity index (χ0) is 5.15. The molecule has 0 saturated heterocycles. The molecule has 0 heterocycles. The Balaban J connectivity index is 0. The third-order valence-electron chi connectivity index (χ3n) is 1.03. The standard InChI is InChI=1S/C5H13N.H3P/c1-5(2)6(3)4;/h5H,1-4H3;1H3. The van der Waals surface area contributed by atoms with E-state index in [1.807, 2.05) is 0 Å². The van der Waals surface area contributed by atoms with Gasteiger partial charge in [0.05, 0.1) is 0 Å². The van der Waals surface area contributed by atoms with Crippen LogP contribution in [0.4, 0.5) is 0 Å². The van der Waals surface area contributed by atoms with E-state index in [1.54, 1.807) is 0 Å². The molecule has 1 nitrogen and oxygen atoms in total. The Hall–Kier alpha value is 0.390. The molecule has 0 amide bonds. The minimum Gasteiger partial charge on any atom is -0.307 e. The lowest BCUT2D eigenvalue weighted by atomic mass is 10.4. The average Bonchev–Trinajstić information content (AvgIpc) is 1.36. The van der Waals surface area contributed by atoms with E-state index in [4.69, 9.17) is 0 Å². The number of nitrogens with zero attached hydrogens (tertiary/aromatic N) is 1. The van der Waals surface area contributed by atoms with Crippen LogP contribution in [-0.4, -0.2) is 25.0 Å². The highest BCUT2D eigenvalue weighted by Crippen LogP contribution is 1.84. The minimum atomic E-state index is 0. The van der Waals surface area contributed by atoms with Gasteiger partial charge >= 0.3 is 0 Å². The summed E-state index contributed by atoms with van der Waals surface area (Å²) in [5.74, 6) is 0. The molecule has 0 aromatic carbocycles. The maximum absolute atomic E-state index is 2.17. The summed E-state index contributed by atoms with van der Waals surface area (Å²) < 4.78 is 0. The Morgan fingerprint density at radius 1 is 1.14 bits per heavy atom. The van der Waals surface area contributed by atoms with E-state index in [1.165, 1.54) is 0 Å². The van der Waals surface area contributed by atoms with Gasteiger partial charge in [-0.25, -0.2) is 0 Å². The summed E-state index contributed by atoms with van der Waals surface area (Å²) >= 11 is 0. The van der Waals surface area contributed by atoms with E-state index in [-0.39, 0.29) is 9.90 Å². The number of hydrogen-bond acceptors (Lipinski definition) is 1. The van der Waals surface area contributed by atoms with E-state index in [0.29, 0.717) is 6.04 Å². The summed E-state index contributed by atoms with van der Waals surface area (Å²) in [6, 6.07) is 0.685. The molecule has 0 aromatic heterocycles. The first kappa shape index (κ1) is 10.4. The van der Waals surface area contributed by atoms with E-state index in [9.17, 15) is 0 Å². The summed E-state index contributed by atoms with van der Waals surface area (Å²) in [7, 11) is 4.15. The molecule has 2 heteroatoms. The van der Waals surface area contributed by atoms with Gasteiger partial charge in [0.2, 0.25) is 0 Å². The third-order valence-corrected chi connectivity index (χ3v) is 1.03. The zero-order valence-corrected chi connectivity index (χ0v) is 7.15. The number of rotatable bonds is 1. The highest BCUT2D eigenvalue weighted by molar-refractivity contribution is 6.92. The molecule has 0 saturated carbocycles. The van der Waals surface area contributed by atoms with Crippen molar-refractivity contribution in [3.05, 3.63) is 0 Å². The Morgan fingerprint density at radius 2 is 1.29 bits per heavy atom. The molecule has 46 valence electrons. The lowest BCUT2D eigenvalue weighted by Gasteiger charge is -2.12. The van der Waals surface area contributed by atoms with Crippen LogP contribution < -0.4 is 0 Å². The van der Waals surface area contributed by atoms with Crippen molar-refractivity contribution >= 4 is 9.90 Å². The van der Waals surface area contributed by atoms with Crippen LogP contribution in [0.1, 0.15) is 13.8 Å². The molecule has 0 N–H and O–H groups in total. The van der Waals surface area contributed by atoms with Gasteiger partial charge in [0.1, 0.15) is 0 Å². The van der Waals surface area contributed by atoms with E-state index < -0.39 is 0 Å². The molecule has 1 unspecified atom stereocenters. The van der Waals surface area contributed by atoms with Gasteiger partial charge in [-0.15, -0.1) is 0 Å². The second-order valence-electron chi connectivity index (χ2n) is 2.06. The first-order valence-corrected chi connectivity index (χ1v) is 2.31. The van der Waals surface area contributed by atoms with Crippen molar-refractivity contribution in [2.45, 2.75) is 19.9 Å². The van der Waals surface area contributed by atoms with Crippen molar-refractivity contribution in [1.82, 2.24) is 4.90 Å². The molecule has 0 fully saturated rings. The van der Waals surface area contributed by atoms with Gasteiger partial charge in [-0.1, -0.05) is 0 Å². The summed E-state index contributed by atoms with van der Waals surface area (Å²) in [5, 5.41) is 0. The average molecular weight is 121 g/mol. The highest BCUT2D eigenvalue weighted by atomic mass is 31.0. The molecule has 1 atom stereocenters. The molecule has 0 rings (SSSR count). The topological polar surface area (TPSA) is 3.24 Å². The van der Waals surface area contributed by atoms with Crippen molar-refractivity contribution in [2.75, 3.05) is 14.1 Å². The monoisotopic (exact) mass is 121 g/mol. The van der Waals surface area contributed by atoms with Crippen LogP contribution in [0.15, 0.2) is 0 Å². The second-order valence-corrected chi connectivity index (χ2v) is 2.06. The molecule has 7 heavy (non-hydrogen) atoms. The first-order chi connectivity index (χ1) is 2.64. The van der Waals surface area contributed by atoms with Gasteiger partial charge in [-0.3, -0.25) is 0 Å². The van der Waals surface area contributed by atoms with Crippen LogP contribution in [-0.2, 0) is 0 Å². The van der Waals surface area contributed by atoms with Crippen molar-refractivity contribution in [1.29, 1.82) is 0 Å². The van der Waals surface area contributed by atoms with Crippen LogP contribution >= 0.6 is 9.90 Å². The van der Waals surface area contributed by atoms with Crippen molar-refractivity contribution in [3.8, 4) is 0 Å². The molecule has 0 spiro atoms. The van der Waals surface area contributed by atoms with Crippen molar-refractivity contribution in [2.24, 2.45) is 0 Å².